The monoisotopic (exact) mass is 354 g/mol. The molecule has 1 unspecified atom stereocenters. The van der Waals surface area contributed by atoms with Gasteiger partial charge >= 0.3 is 0 Å². The topological polar surface area (TPSA) is 15.3 Å². The van der Waals surface area contributed by atoms with Crippen LogP contribution in [0.4, 0.5) is 5.69 Å². The van der Waals surface area contributed by atoms with Crippen LogP contribution in [0.3, 0.4) is 0 Å². The summed E-state index contributed by atoms with van der Waals surface area (Å²) < 4.78 is 1.16. The Hall–Kier alpha value is -0.540. The molecule has 0 spiro atoms. The van der Waals surface area contributed by atoms with Gasteiger partial charge in [-0.3, -0.25) is 0 Å². The lowest BCUT2D eigenvalue weighted by atomic mass is 10.0. The van der Waals surface area contributed by atoms with Gasteiger partial charge in [0.05, 0.1) is 0 Å². The maximum atomic E-state index is 3.62. The smallest absolute Gasteiger partial charge is 0.0417 e. The van der Waals surface area contributed by atoms with E-state index in [0.717, 1.165) is 17.6 Å². The van der Waals surface area contributed by atoms with Gasteiger partial charge in [-0.2, -0.15) is 0 Å². The highest BCUT2D eigenvalue weighted by atomic mass is 79.9. The third kappa shape index (κ3) is 5.63. The fourth-order valence-electron chi connectivity index (χ4n) is 2.74. The predicted octanol–water partition coefficient (Wildman–Crippen LogP) is 5.52. The van der Waals surface area contributed by atoms with Crippen molar-refractivity contribution in [3.63, 3.8) is 0 Å². The van der Waals surface area contributed by atoms with E-state index in [9.17, 15) is 0 Å². The second kappa shape index (κ2) is 9.47. The summed E-state index contributed by atoms with van der Waals surface area (Å²) in [5.74, 6) is 0. The first-order valence-electron chi connectivity index (χ1n) is 8.30. The third-order valence-corrected chi connectivity index (χ3v) is 4.39. The molecular formula is C18H31BrN2. The molecule has 1 rings (SSSR count). The second-order valence-corrected chi connectivity index (χ2v) is 6.89. The largest absolute Gasteiger partial charge is 0.369 e. The van der Waals surface area contributed by atoms with Crippen LogP contribution in [0.15, 0.2) is 22.7 Å². The van der Waals surface area contributed by atoms with Crippen molar-refractivity contribution in [1.82, 2.24) is 5.32 Å². The van der Waals surface area contributed by atoms with Gasteiger partial charge in [-0.25, -0.2) is 0 Å². The molecule has 1 N–H and O–H groups in total. The molecule has 0 saturated carbocycles. The Morgan fingerprint density at radius 2 is 1.86 bits per heavy atom. The van der Waals surface area contributed by atoms with E-state index in [4.69, 9.17) is 0 Å². The van der Waals surface area contributed by atoms with Crippen molar-refractivity contribution in [3.8, 4) is 0 Å². The minimum atomic E-state index is 0.370. The lowest BCUT2D eigenvalue weighted by Crippen LogP contribution is -2.33. The summed E-state index contributed by atoms with van der Waals surface area (Å²) in [5, 5.41) is 3.54. The molecule has 0 aliphatic carbocycles. The minimum absolute atomic E-state index is 0.370. The molecule has 0 amide bonds. The number of hydrogen-bond donors (Lipinski definition) is 1. The zero-order chi connectivity index (χ0) is 15.8. The van der Waals surface area contributed by atoms with Crippen LogP contribution in [0.2, 0.25) is 0 Å². The molecular weight excluding hydrogens is 324 g/mol. The van der Waals surface area contributed by atoms with Crippen molar-refractivity contribution in [3.05, 3.63) is 28.2 Å². The summed E-state index contributed by atoms with van der Waals surface area (Å²) >= 11 is 3.62. The standard InChI is InChI=1S/C18H31BrN2/c1-6-8-9-12-21(14(3)4)18-11-10-16(19)13-17(18)15(5)20-7-2/h10-11,13-15,20H,6-9,12H2,1-5H3. The average molecular weight is 355 g/mol. The maximum absolute atomic E-state index is 3.62. The van der Waals surface area contributed by atoms with Crippen LogP contribution < -0.4 is 10.2 Å². The number of nitrogens with one attached hydrogen (secondary N) is 1. The van der Waals surface area contributed by atoms with Crippen molar-refractivity contribution >= 4 is 21.6 Å². The van der Waals surface area contributed by atoms with E-state index in [2.05, 4.69) is 79.0 Å². The van der Waals surface area contributed by atoms with Crippen molar-refractivity contribution in [2.24, 2.45) is 0 Å². The van der Waals surface area contributed by atoms with Gasteiger partial charge in [0.15, 0.2) is 0 Å². The van der Waals surface area contributed by atoms with Gasteiger partial charge < -0.3 is 10.2 Å². The van der Waals surface area contributed by atoms with Crippen LogP contribution >= 0.6 is 15.9 Å². The summed E-state index contributed by atoms with van der Waals surface area (Å²) in [7, 11) is 0. The maximum Gasteiger partial charge on any atom is 0.0417 e. The quantitative estimate of drug-likeness (QED) is 0.587. The second-order valence-electron chi connectivity index (χ2n) is 5.98. The first-order chi connectivity index (χ1) is 10.0. The molecule has 2 nitrogen and oxygen atoms in total. The van der Waals surface area contributed by atoms with Crippen LogP contribution in [0.25, 0.3) is 0 Å². The summed E-state index contributed by atoms with van der Waals surface area (Å²) in [6.45, 7) is 13.4. The average Bonchev–Trinajstić information content (AvgIpc) is 2.44. The molecule has 0 saturated heterocycles. The normalized spacial score (nSPS) is 12.7. The summed E-state index contributed by atoms with van der Waals surface area (Å²) in [6, 6.07) is 7.58. The summed E-state index contributed by atoms with van der Waals surface area (Å²) in [4.78, 5) is 2.55. The molecule has 1 aromatic carbocycles. The van der Waals surface area contributed by atoms with Crippen molar-refractivity contribution in [1.29, 1.82) is 0 Å². The zero-order valence-corrected chi connectivity index (χ0v) is 15.8. The Morgan fingerprint density at radius 3 is 2.43 bits per heavy atom. The Bertz CT molecular complexity index is 418. The molecule has 0 aromatic heterocycles. The van der Waals surface area contributed by atoms with E-state index in [1.807, 2.05) is 0 Å². The van der Waals surface area contributed by atoms with Gasteiger partial charge in [0.1, 0.15) is 0 Å². The molecule has 1 aromatic rings. The SMILES string of the molecule is CCCCCN(c1ccc(Br)cc1C(C)NCC)C(C)C. The van der Waals surface area contributed by atoms with Gasteiger partial charge in [0.2, 0.25) is 0 Å². The van der Waals surface area contributed by atoms with Crippen LogP contribution in [-0.4, -0.2) is 19.1 Å². The number of hydrogen-bond acceptors (Lipinski definition) is 2. The summed E-state index contributed by atoms with van der Waals surface area (Å²) in [5.41, 5.74) is 2.76. The fourth-order valence-corrected chi connectivity index (χ4v) is 3.12. The highest BCUT2D eigenvalue weighted by Crippen LogP contribution is 2.31. The third-order valence-electron chi connectivity index (χ3n) is 3.90. The molecule has 0 aliphatic rings. The Morgan fingerprint density at radius 1 is 1.14 bits per heavy atom. The van der Waals surface area contributed by atoms with E-state index >= 15 is 0 Å². The highest BCUT2D eigenvalue weighted by molar-refractivity contribution is 9.10. The molecule has 120 valence electrons. The van der Waals surface area contributed by atoms with Crippen molar-refractivity contribution < 1.29 is 0 Å². The molecule has 0 heterocycles. The molecule has 3 heteroatoms. The molecule has 0 radical (unpaired) electrons. The lowest BCUT2D eigenvalue weighted by molar-refractivity contribution is 0.583. The van der Waals surface area contributed by atoms with Crippen molar-refractivity contribution in [2.45, 2.75) is 66.0 Å². The fraction of sp³-hybridized carbons (Fsp3) is 0.667. The highest BCUT2D eigenvalue weighted by Gasteiger charge is 2.17. The van der Waals surface area contributed by atoms with Crippen LogP contribution in [0, 0.1) is 0 Å². The molecule has 0 fully saturated rings. The summed E-state index contributed by atoms with van der Waals surface area (Å²) in [6.07, 6.45) is 3.84. The van der Waals surface area contributed by atoms with Crippen LogP contribution in [-0.2, 0) is 0 Å². The number of benzene rings is 1. The van der Waals surface area contributed by atoms with E-state index in [-0.39, 0.29) is 0 Å². The van der Waals surface area contributed by atoms with E-state index < -0.39 is 0 Å². The van der Waals surface area contributed by atoms with Gasteiger partial charge in [-0.1, -0.05) is 42.6 Å². The number of anilines is 1. The van der Waals surface area contributed by atoms with E-state index in [1.165, 1.54) is 30.5 Å². The zero-order valence-electron chi connectivity index (χ0n) is 14.2. The Kier molecular flexibility index (Phi) is 8.35. The molecule has 21 heavy (non-hydrogen) atoms. The van der Waals surface area contributed by atoms with Crippen LogP contribution in [0.5, 0.6) is 0 Å². The van der Waals surface area contributed by atoms with Gasteiger partial charge in [-0.15, -0.1) is 0 Å². The number of unbranched alkanes of at least 4 members (excludes halogenated alkanes) is 2. The minimum Gasteiger partial charge on any atom is -0.369 e. The van der Waals surface area contributed by atoms with Crippen LogP contribution in [0.1, 0.15) is 65.5 Å². The van der Waals surface area contributed by atoms with E-state index in [1.54, 1.807) is 0 Å². The number of rotatable bonds is 9. The Labute approximate surface area is 139 Å². The predicted molar refractivity (Wildman–Crippen MR) is 98.2 cm³/mol. The number of halogens is 1. The molecule has 1 atom stereocenters. The van der Waals surface area contributed by atoms with E-state index in [0.29, 0.717) is 12.1 Å². The van der Waals surface area contributed by atoms with Gasteiger partial charge in [0, 0.05) is 28.8 Å². The molecule has 0 bridgehead atoms. The lowest BCUT2D eigenvalue weighted by Gasteiger charge is -2.32. The Balaban J connectivity index is 3.05. The van der Waals surface area contributed by atoms with Gasteiger partial charge in [-0.05, 0) is 57.5 Å². The van der Waals surface area contributed by atoms with Crippen molar-refractivity contribution in [2.75, 3.05) is 18.0 Å². The molecule has 0 aliphatic heterocycles. The first kappa shape index (κ1) is 18.5. The first-order valence-corrected chi connectivity index (χ1v) is 9.10. The number of nitrogens with zero attached hydrogens (tertiary/aromatic N) is 1. The van der Waals surface area contributed by atoms with Gasteiger partial charge in [0.25, 0.3) is 0 Å².